The van der Waals surface area contributed by atoms with E-state index in [2.05, 4.69) is 36.3 Å². The summed E-state index contributed by atoms with van der Waals surface area (Å²) in [6.45, 7) is 6.53. The first kappa shape index (κ1) is 17.0. The summed E-state index contributed by atoms with van der Waals surface area (Å²) in [7, 11) is 0. The topological polar surface area (TPSA) is 29.3 Å². The highest BCUT2D eigenvalue weighted by Gasteiger charge is 2.40. The quantitative estimate of drug-likeness (QED) is 0.595. The maximum atomic E-state index is 6.21. The minimum absolute atomic E-state index is 0.178. The fourth-order valence-corrected chi connectivity index (χ4v) is 3.89. The zero-order valence-corrected chi connectivity index (χ0v) is 14.6. The van der Waals surface area contributed by atoms with Gasteiger partial charge in [-0.25, -0.2) is 0 Å². The van der Waals surface area contributed by atoms with Gasteiger partial charge in [-0.05, 0) is 37.6 Å². The molecule has 0 aromatic carbocycles. The van der Waals surface area contributed by atoms with E-state index in [1.54, 1.807) is 0 Å². The van der Waals surface area contributed by atoms with Crippen LogP contribution in [0, 0.1) is 0 Å². The van der Waals surface area contributed by atoms with Crippen LogP contribution in [0.1, 0.15) is 70.1 Å². The zero-order valence-electron chi connectivity index (χ0n) is 13.8. The van der Waals surface area contributed by atoms with E-state index in [4.69, 9.17) is 5.73 Å². The number of nitrogens with two attached hydrogens (primary N) is 1. The molecule has 0 bridgehead atoms. The first-order chi connectivity index (χ1) is 10.2. The summed E-state index contributed by atoms with van der Waals surface area (Å²) in [6, 6.07) is 5.20. The number of thiophene rings is 1. The Bertz CT molecular complexity index is 386. The molecule has 3 heteroatoms. The first-order valence-corrected chi connectivity index (χ1v) is 9.57. The summed E-state index contributed by atoms with van der Waals surface area (Å²) >= 11 is 1.88. The highest BCUT2D eigenvalue weighted by atomic mass is 32.1. The van der Waals surface area contributed by atoms with Gasteiger partial charge in [-0.3, -0.25) is 4.90 Å². The minimum atomic E-state index is 0.178. The van der Waals surface area contributed by atoms with E-state index in [-0.39, 0.29) is 5.54 Å². The fraction of sp³-hybridized carbons (Fsp3) is 0.778. The second-order valence-corrected chi connectivity index (χ2v) is 7.84. The summed E-state index contributed by atoms with van der Waals surface area (Å²) < 4.78 is 0. The Kier molecular flexibility index (Phi) is 6.72. The number of rotatable bonds is 11. The molecule has 0 radical (unpaired) electrons. The van der Waals surface area contributed by atoms with E-state index in [0.717, 1.165) is 19.1 Å². The Labute approximate surface area is 134 Å². The summed E-state index contributed by atoms with van der Waals surface area (Å²) in [5, 5.41) is 2.19. The Morgan fingerprint density at radius 3 is 2.62 bits per heavy atom. The molecule has 1 saturated carbocycles. The van der Waals surface area contributed by atoms with Gasteiger partial charge in [0, 0.05) is 29.5 Å². The second kappa shape index (κ2) is 8.30. The van der Waals surface area contributed by atoms with Crippen molar-refractivity contribution in [3.05, 3.63) is 22.4 Å². The van der Waals surface area contributed by atoms with Gasteiger partial charge in [-0.1, -0.05) is 45.1 Å². The van der Waals surface area contributed by atoms with Gasteiger partial charge >= 0.3 is 0 Å². The molecular formula is C18H32N2S. The smallest absolute Gasteiger partial charge is 0.0336 e. The van der Waals surface area contributed by atoms with E-state index in [1.165, 1.54) is 56.2 Å². The van der Waals surface area contributed by atoms with E-state index in [1.807, 2.05) is 11.3 Å². The van der Waals surface area contributed by atoms with Crippen LogP contribution >= 0.6 is 11.3 Å². The van der Waals surface area contributed by atoms with Crippen molar-refractivity contribution >= 4 is 11.3 Å². The van der Waals surface area contributed by atoms with Crippen molar-refractivity contribution in [3.63, 3.8) is 0 Å². The third-order valence-corrected chi connectivity index (χ3v) is 5.71. The predicted molar refractivity (Wildman–Crippen MR) is 93.7 cm³/mol. The molecule has 1 unspecified atom stereocenters. The lowest BCUT2D eigenvalue weighted by atomic mass is 9.91. The van der Waals surface area contributed by atoms with Crippen molar-refractivity contribution in [2.45, 2.75) is 83.3 Å². The van der Waals surface area contributed by atoms with Crippen molar-refractivity contribution in [3.8, 4) is 0 Å². The molecule has 0 amide bonds. The highest BCUT2D eigenvalue weighted by Crippen LogP contribution is 2.37. The van der Waals surface area contributed by atoms with Crippen LogP contribution in [-0.4, -0.2) is 23.0 Å². The fourth-order valence-electron chi connectivity index (χ4n) is 3.19. The molecule has 0 spiro atoms. The van der Waals surface area contributed by atoms with Crippen molar-refractivity contribution < 1.29 is 0 Å². The van der Waals surface area contributed by atoms with Gasteiger partial charge in [0.15, 0.2) is 0 Å². The molecule has 1 aliphatic carbocycles. The second-order valence-electron chi connectivity index (χ2n) is 6.80. The highest BCUT2D eigenvalue weighted by molar-refractivity contribution is 7.09. The molecule has 2 rings (SSSR count). The summed E-state index contributed by atoms with van der Waals surface area (Å²) in [4.78, 5) is 4.19. The van der Waals surface area contributed by atoms with E-state index in [9.17, 15) is 0 Å². The summed E-state index contributed by atoms with van der Waals surface area (Å²) in [5.41, 5.74) is 6.38. The molecule has 0 aliphatic heterocycles. The SMILES string of the molecule is CCCCCCCC(C)(CN)N(Cc1cccs1)C1CC1. The Morgan fingerprint density at radius 1 is 1.29 bits per heavy atom. The van der Waals surface area contributed by atoms with Crippen LogP contribution in [0.5, 0.6) is 0 Å². The molecule has 1 atom stereocenters. The zero-order chi connectivity index (χ0) is 15.1. The van der Waals surface area contributed by atoms with Gasteiger partial charge in [0.1, 0.15) is 0 Å². The molecule has 120 valence electrons. The van der Waals surface area contributed by atoms with E-state index < -0.39 is 0 Å². The number of hydrogen-bond acceptors (Lipinski definition) is 3. The average Bonchev–Trinajstić information content (AvgIpc) is 3.20. The lowest BCUT2D eigenvalue weighted by Crippen LogP contribution is -2.52. The van der Waals surface area contributed by atoms with Crippen LogP contribution in [-0.2, 0) is 6.54 Å². The largest absolute Gasteiger partial charge is 0.329 e. The third kappa shape index (κ3) is 5.08. The van der Waals surface area contributed by atoms with Crippen molar-refractivity contribution in [1.82, 2.24) is 4.90 Å². The standard InChI is InChI=1S/C18H32N2S/c1-3-4-5-6-7-12-18(2,15-19)20(16-10-11-16)14-17-9-8-13-21-17/h8-9,13,16H,3-7,10-12,14-15,19H2,1-2H3. The van der Waals surface area contributed by atoms with Gasteiger partial charge in [-0.15, -0.1) is 11.3 Å². The van der Waals surface area contributed by atoms with Crippen molar-refractivity contribution in [2.24, 2.45) is 5.73 Å². The Balaban J connectivity index is 1.90. The van der Waals surface area contributed by atoms with Crippen LogP contribution in [0.3, 0.4) is 0 Å². The third-order valence-electron chi connectivity index (χ3n) is 4.85. The molecule has 1 aromatic heterocycles. The van der Waals surface area contributed by atoms with Gasteiger partial charge < -0.3 is 5.73 Å². The Morgan fingerprint density at radius 2 is 2.05 bits per heavy atom. The predicted octanol–water partition coefficient (Wildman–Crippen LogP) is 4.79. The van der Waals surface area contributed by atoms with Gasteiger partial charge in [-0.2, -0.15) is 0 Å². The van der Waals surface area contributed by atoms with Crippen LogP contribution in [0.15, 0.2) is 17.5 Å². The van der Waals surface area contributed by atoms with Crippen LogP contribution in [0.4, 0.5) is 0 Å². The maximum absolute atomic E-state index is 6.21. The maximum Gasteiger partial charge on any atom is 0.0336 e. The number of hydrogen-bond donors (Lipinski definition) is 1. The summed E-state index contributed by atoms with van der Waals surface area (Å²) in [6.07, 6.45) is 10.7. The first-order valence-electron chi connectivity index (χ1n) is 8.69. The summed E-state index contributed by atoms with van der Waals surface area (Å²) in [5.74, 6) is 0. The average molecular weight is 309 g/mol. The van der Waals surface area contributed by atoms with Crippen molar-refractivity contribution in [1.29, 1.82) is 0 Å². The lowest BCUT2D eigenvalue weighted by Gasteiger charge is -2.41. The van der Waals surface area contributed by atoms with E-state index >= 15 is 0 Å². The van der Waals surface area contributed by atoms with Gasteiger partial charge in [0.2, 0.25) is 0 Å². The molecule has 1 heterocycles. The van der Waals surface area contributed by atoms with Crippen LogP contribution in [0.2, 0.25) is 0 Å². The molecule has 2 nitrogen and oxygen atoms in total. The minimum Gasteiger partial charge on any atom is -0.329 e. The van der Waals surface area contributed by atoms with Gasteiger partial charge in [0.25, 0.3) is 0 Å². The monoisotopic (exact) mass is 308 g/mol. The normalized spacial score (nSPS) is 18.1. The number of nitrogens with zero attached hydrogens (tertiary/aromatic N) is 1. The molecule has 21 heavy (non-hydrogen) atoms. The molecular weight excluding hydrogens is 276 g/mol. The number of unbranched alkanes of at least 4 members (excludes halogenated alkanes) is 4. The molecule has 1 fully saturated rings. The molecule has 2 N–H and O–H groups in total. The molecule has 0 saturated heterocycles. The molecule has 1 aromatic rings. The lowest BCUT2D eigenvalue weighted by molar-refractivity contribution is 0.0820. The van der Waals surface area contributed by atoms with Crippen LogP contribution in [0.25, 0.3) is 0 Å². The van der Waals surface area contributed by atoms with Crippen LogP contribution < -0.4 is 5.73 Å². The van der Waals surface area contributed by atoms with Gasteiger partial charge in [0.05, 0.1) is 0 Å². The van der Waals surface area contributed by atoms with E-state index in [0.29, 0.717) is 0 Å². The molecule has 1 aliphatic rings. The Hall–Kier alpha value is -0.380. The van der Waals surface area contributed by atoms with Crippen molar-refractivity contribution in [2.75, 3.05) is 6.54 Å².